The molecule has 0 atom stereocenters. The third kappa shape index (κ3) is 3.54. The summed E-state index contributed by atoms with van der Waals surface area (Å²) < 4.78 is 5.29. The number of ether oxygens (including phenoxy) is 1. The zero-order valence-corrected chi connectivity index (χ0v) is 15.5. The maximum Gasteiger partial charge on any atom is 0.339 e. The maximum atomic E-state index is 12.4. The molecular weight excluding hydrogens is 372 g/mol. The number of benzene rings is 2. The average Bonchev–Trinajstić information content (AvgIpc) is 2.97. The lowest BCUT2D eigenvalue weighted by Crippen LogP contribution is -2.30. The maximum absolute atomic E-state index is 12.4. The van der Waals surface area contributed by atoms with Crippen LogP contribution in [0.4, 0.5) is 0 Å². The summed E-state index contributed by atoms with van der Waals surface area (Å²) in [5, 5.41) is 0.614. The topological polar surface area (TPSA) is 96.5 Å². The second-order valence-electron chi connectivity index (χ2n) is 6.74. The Bertz CT molecular complexity index is 1150. The van der Waals surface area contributed by atoms with Crippen LogP contribution in [-0.2, 0) is 4.74 Å². The van der Waals surface area contributed by atoms with Gasteiger partial charge in [0, 0.05) is 23.5 Å². The minimum Gasteiger partial charge on any atom is -0.462 e. The lowest BCUT2D eigenvalue weighted by molar-refractivity contribution is 0.0487. The number of esters is 1. The molecule has 1 aliphatic rings. The van der Waals surface area contributed by atoms with Crippen LogP contribution in [0.2, 0.25) is 0 Å². The Morgan fingerprint density at radius 2 is 1.55 bits per heavy atom. The Kier molecular flexibility index (Phi) is 4.95. The van der Waals surface area contributed by atoms with Gasteiger partial charge in [0.05, 0.1) is 23.3 Å². The van der Waals surface area contributed by atoms with Gasteiger partial charge in [-0.2, -0.15) is 0 Å². The van der Waals surface area contributed by atoms with E-state index in [1.807, 2.05) is 0 Å². The number of unbranched alkanes of at least 4 members (excludes halogenated alkanes) is 1. The van der Waals surface area contributed by atoms with E-state index >= 15 is 0 Å². The largest absolute Gasteiger partial charge is 0.462 e. The monoisotopic (exact) mass is 390 g/mol. The molecule has 0 fully saturated rings. The predicted octanol–water partition coefficient (Wildman–Crippen LogP) is 2.76. The smallest absolute Gasteiger partial charge is 0.339 e. The number of nitrogens with zero attached hydrogens (tertiary/aromatic N) is 1. The average molecular weight is 390 g/mol. The molecule has 7 nitrogen and oxygen atoms in total. The van der Waals surface area contributed by atoms with Crippen LogP contribution in [0.25, 0.3) is 10.9 Å². The summed E-state index contributed by atoms with van der Waals surface area (Å²) in [5.41, 5.74) is 1.25. The zero-order chi connectivity index (χ0) is 20.4. The Hall–Kier alpha value is -3.74. The number of hydrogen-bond acceptors (Lipinski definition) is 5. The van der Waals surface area contributed by atoms with Gasteiger partial charge in [0.1, 0.15) is 0 Å². The molecule has 0 spiro atoms. The fourth-order valence-corrected chi connectivity index (χ4v) is 3.43. The highest BCUT2D eigenvalue weighted by Crippen LogP contribution is 2.22. The van der Waals surface area contributed by atoms with Gasteiger partial charge in [-0.25, -0.2) is 4.79 Å². The number of H-pyrrole nitrogens is 1. The van der Waals surface area contributed by atoms with E-state index in [0.717, 1.165) is 0 Å². The highest BCUT2D eigenvalue weighted by Gasteiger charge is 2.34. The molecule has 7 heteroatoms. The van der Waals surface area contributed by atoms with Crippen LogP contribution in [-0.4, -0.2) is 40.8 Å². The van der Waals surface area contributed by atoms with Crippen LogP contribution in [0, 0.1) is 0 Å². The second-order valence-corrected chi connectivity index (χ2v) is 6.74. The fourth-order valence-electron chi connectivity index (χ4n) is 3.43. The first-order chi connectivity index (χ1) is 14.1. The molecule has 2 amide bonds. The molecule has 1 aromatic heterocycles. The number of imide groups is 1. The van der Waals surface area contributed by atoms with Crippen molar-refractivity contribution in [2.45, 2.75) is 12.8 Å². The molecule has 2 aromatic carbocycles. The van der Waals surface area contributed by atoms with E-state index in [9.17, 15) is 19.2 Å². The molecule has 1 aliphatic heterocycles. The summed E-state index contributed by atoms with van der Waals surface area (Å²) in [6, 6.07) is 15.0. The Labute approximate surface area is 165 Å². The van der Waals surface area contributed by atoms with Gasteiger partial charge in [0.15, 0.2) is 0 Å². The summed E-state index contributed by atoms with van der Waals surface area (Å²) in [6.07, 6.45) is 0.995. The number of carbonyl (C=O) groups is 3. The number of aromatic nitrogens is 1. The van der Waals surface area contributed by atoms with Crippen molar-refractivity contribution >= 4 is 28.7 Å². The van der Waals surface area contributed by atoms with Gasteiger partial charge in [0.2, 0.25) is 5.56 Å². The zero-order valence-electron chi connectivity index (χ0n) is 15.5. The van der Waals surface area contributed by atoms with Crippen molar-refractivity contribution < 1.29 is 19.1 Å². The Morgan fingerprint density at radius 1 is 0.897 bits per heavy atom. The lowest BCUT2D eigenvalue weighted by Gasteiger charge is -2.13. The summed E-state index contributed by atoms with van der Waals surface area (Å²) in [7, 11) is 0. The third-order valence-electron chi connectivity index (χ3n) is 4.86. The molecule has 0 saturated carbocycles. The van der Waals surface area contributed by atoms with Gasteiger partial charge in [-0.3, -0.25) is 19.3 Å². The van der Waals surface area contributed by atoms with Crippen molar-refractivity contribution in [1.82, 2.24) is 9.88 Å². The van der Waals surface area contributed by atoms with Crippen LogP contribution in [0.15, 0.2) is 59.4 Å². The number of nitrogens with one attached hydrogen (secondary N) is 1. The van der Waals surface area contributed by atoms with Crippen LogP contribution in [0.3, 0.4) is 0 Å². The molecule has 3 aromatic rings. The van der Waals surface area contributed by atoms with Crippen LogP contribution >= 0.6 is 0 Å². The van der Waals surface area contributed by atoms with Crippen molar-refractivity contribution in [2.75, 3.05) is 13.2 Å². The van der Waals surface area contributed by atoms with Crippen molar-refractivity contribution in [1.29, 1.82) is 0 Å². The van der Waals surface area contributed by atoms with E-state index in [1.165, 1.54) is 11.0 Å². The number of aromatic amines is 1. The van der Waals surface area contributed by atoms with Gasteiger partial charge in [-0.15, -0.1) is 0 Å². The van der Waals surface area contributed by atoms with Gasteiger partial charge in [-0.05, 0) is 31.0 Å². The van der Waals surface area contributed by atoms with E-state index < -0.39 is 5.97 Å². The van der Waals surface area contributed by atoms with Crippen molar-refractivity contribution in [3.63, 3.8) is 0 Å². The molecular formula is C22H18N2O5. The molecule has 1 N–H and O–H groups in total. The van der Waals surface area contributed by atoms with Gasteiger partial charge < -0.3 is 9.72 Å². The quantitative estimate of drug-likeness (QED) is 0.397. The molecule has 2 heterocycles. The highest BCUT2D eigenvalue weighted by molar-refractivity contribution is 6.21. The summed E-state index contributed by atoms with van der Waals surface area (Å²) >= 11 is 0. The molecule has 0 radical (unpaired) electrons. The SMILES string of the molecule is O=C(OCCCCN1C(=O)c2ccccc2C1=O)c1cc(=O)[nH]c2ccccc12. The minimum absolute atomic E-state index is 0.128. The highest BCUT2D eigenvalue weighted by atomic mass is 16.5. The Balaban J connectivity index is 1.32. The first kappa shape index (κ1) is 18.6. The molecule has 0 aliphatic carbocycles. The van der Waals surface area contributed by atoms with E-state index in [2.05, 4.69) is 4.98 Å². The molecule has 0 saturated heterocycles. The van der Waals surface area contributed by atoms with E-state index in [4.69, 9.17) is 4.74 Å². The lowest BCUT2D eigenvalue weighted by atomic mass is 10.1. The van der Waals surface area contributed by atoms with Crippen molar-refractivity contribution in [3.8, 4) is 0 Å². The molecule has 146 valence electrons. The van der Waals surface area contributed by atoms with Crippen molar-refractivity contribution in [2.24, 2.45) is 0 Å². The van der Waals surface area contributed by atoms with E-state index in [1.54, 1.807) is 48.5 Å². The number of hydrogen-bond donors (Lipinski definition) is 1. The summed E-state index contributed by atoms with van der Waals surface area (Å²) in [5.74, 6) is -1.16. The van der Waals surface area contributed by atoms with E-state index in [0.29, 0.717) is 34.9 Å². The van der Waals surface area contributed by atoms with Crippen molar-refractivity contribution in [3.05, 3.63) is 81.6 Å². The van der Waals surface area contributed by atoms with Crippen LogP contribution in [0.1, 0.15) is 43.9 Å². The van der Waals surface area contributed by atoms with E-state index in [-0.39, 0.29) is 36.1 Å². The molecule has 29 heavy (non-hydrogen) atoms. The normalized spacial score (nSPS) is 13.0. The minimum atomic E-state index is -0.576. The second kappa shape index (κ2) is 7.71. The van der Waals surface area contributed by atoms with Crippen LogP contribution < -0.4 is 5.56 Å². The predicted molar refractivity (Wildman–Crippen MR) is 106 cm³/mol. The summed E-state index contributed by atoms with van der Waals surface area (Å²) in [4.78, 5) is 52.7. The number of para-hydroxylation sites is 1. The third-order valence-corrected chi connectivity index (χ3v) is 4.86. The fraction of sp³-hybridized carbons (Fsp3) is 0.182. The standard InChI is InChI=1S/C22H18N2O5/c25-19-13-17(14-7-3-4-10-18(14)23-19)22(28)29-12-6-5-11-24-20(26)15-8-1-2-9-16(15)21(24)27/h1-4,7-10,13H,5-6,11-12H2,(H,23,25). The number of carbonyl (C=O) groups excluding carboxylic acids is 3. The number of fused-ring (bicyclic) bond motifs is 2. The molecule has 0 bridgehead atoms. The van der Waals surface area contributed by atoms with Gasteiger partial charge in [0.25, 0.3) is 11.8 Å². The van der Waals surface area contributed by atoms with Gasteiger partial charge in [-0.1, -0.05) is 30.3 Å². The Morgan fingerprint density at radius 3 is 2.28 bits per heavy atom. The first-order valence-corrected chi connectivity index (χ1v) is 9.30. The summed E-state index contributed by atoms with van der Waals surface area (Å²) in [6.45, 7) is 0.390. The number of rotatable bonds is 6. The van der Waals surface area contributed by atoms with Crippen LogP contribution in [0.5, 0.6) is 0 Å². The molecule has 0 unspecified atom stereocenters. The molecule has 4 rings (SSSR count). The number of amides is 2. The first-order valence-electron chi connectivity index (χ1n) is 9.30. The van der Waals surface area contributed by atoms with Gasteiger partial charge >= 0.3 is 5.97 Å². The number of pyridine rings is 1.